The van der Waals surface area contributed by atoms with E-state index in [4.69, 9.17) is 25.0 Å². The van der Waals surface area contributed by atoms with Gasteiger partial charge in [-0.25, -0.2) is 0 Å². The van der Waals surface area contributed by atoms with Gasteiger partial charge in [-0.1, -0.05) is 0 Å². The molecule has 6 nitrogen and oxygen atoms in total. The highest BCUT2D eigenvalue weighted by Gasteiger charge is 2.40. The molecular formula is C6H22O6Si5. The van der Waals surface area contributed by atoms with Gasteiger partial charge in [0.15, 0.2) is 0 Å². The number of hydrogen-bond donors (Lipinski definition) is 0. The molecule has 0 aromatic rings. The van der Waals surface area contributed by atoms with Crippen molar-refractivity contribution in [2.24, 2.45) is 0 Å². The maximum atomic E-state index is 5.88. The standard InChI is InChI=1S/C6H22O6Si5/c1-7-17(6)11-15(4)9-13(2)8-14(3)10-16(5)12-17/h13-16H,1-6H3. The van der Waals surface area contributed by atoms with Gasteiger partial charge in [-0.05, 0) is 26.2 Å². The van der Waals surface area contributed by atoms with Crippen LogP contribution in [0.2, 0.25) is 32.7 Å². The average molecular weight is 331 g/mol. The van der Waals surface area contributed by atoms with E-state index in [2.05, 4.69) is 0 Å². The first-order valence-corrected chi connectivity index (χ1v) is 16.3. The van der Waals surface area contributed by atoms with Crippen LogP contribution in [-0.4, -0.2) is 53.0 Å². The van der Waals surface area contributed by atoms with Crippen molar-refractivity contribution in [1.82, 2.24) is 0 Å². The highest BCUT2D eigenvalue weighted by molar-refractivity contribution is 6.77. The summed E-state index contributed by atoms with van der Waals surface area (Å²) < 4.78 is 34.6. The molecule has 102 valence electrons. The maximum absolute atomic E-state index is 5.88. The summed E-state index contributed by atoms with van der Waals surface area (Å²) in [6.07, 6.45) is 0. The van der Waals surface area contributed by atoms with E-state index in [-0.39, 0.29) is 0 Å². The van der Waals surface area contributed by atoms with E-state index in [0.29, 0.717) is 0 Å². The van der Waals surface area contributed by atoms with Crippen molar-refractivity contribution >= 4 is 45.9 Å². The lowest BCUT2D eigenvalue weighted by Gasteiger charge is -2.34. The predicted octanol–water partition coefficient (Wildman–Crippen LogP) is -0.301. The zero-order chi connectivity index (χ0) is 13.1. The van der Waals surface area contributed by atoms with Gasteiger partial charge in [0.25, 0.3) is 18.6 Å². The first kappa shape index (κ1) is 15.9. The third kappa shape index (κ3) is 5.56. The summed E-state index contributed by atoms with van der Waals surface area (Å²) in [6, 6.07) is 0. The Morgan fingerprint density at radius 2 is 1.12 bits per heavy atom. The van der Waals surface area contributed by atoms with Gasteiger partial charge >= 0.3 is 27.4 Å². The summed E-state index contributed by atoms with van der Waals surface area (Å²) in [5.74, 6) is 0. The minimum Gasteiger partial charge on any atom is -0.420 e. The molecule has 11 heteroatoms. The first-order valence-electron chi connectivity index (χ1n) is 5.72. The van der Waals surface area contributed by atoms with E-state index < -0.39 is 45.9 Å². The molecule has 1 aliphatic heterocycles. The number of hydrogen-bond acceptors (Lipinski definition) is 6. The van der Waals surface area contributed by atoms with Crippen LogP contribution in [0.4, 0.5) is 0 Å². The zero-order valence-corrected chi connectivity index (χ0v) is 16.9. The van der Waals surface area contributed by atoms with Crippen LogP contribution in [-0.2, 0) is 25.0 Å². The molecular weight excluding hydrogens is 308 g/mol. The fourth-order valence-electron chi connectivity index (χ4n) is 1.66. The van der Waals surface area contributed by atoms with Crippen LogP contribution >= 0.6 is 0 Å². The fourth-order valence-corrected chi connectivity index (χ4v) is 17.6. The second-order valence-corrected chi connectivity index (χ2v) is 15.8. The zero-order valence-electron chi connectivity index (χ0n) is 11.3. The van der Waals surface area contributed by atoms with Gasteiger partial charge in [-0.3, -0.25) is 0 Å². The van der Waals surface area contributed by atoms with Gasteiger partial charge in [-0.2, -0.15) is 0 Å². The summed E-state index contributed by atoms with van der Waals surface area (Å²) in [4.78, 5) is 0. The lowest BCUT2D eigenvalue weighted by molar-refractivity contribution is 0.181. The molecule has 1 rings (SSSR count). The van der Waals surface area contributed by atoms with E-state index >= 15 is 0 Å². The molecule has 1 aliphatic rings. The Kier molecular flexibility index (Phi) is 6.41. The Hall–Kier alpha value is 0.844. The SMILES string of the molecule is CO[Si]1(C)O[SiH](C)O[SiH](C)O[SiH](C)O[SiH](C)O1. The van der Waals surface area contributed by atoms with E-state index in [0.717, 1.165) is 0 Å². The molecule has 0 aliphatic carbocycles. The van der Waals surface area contributed by atoms with Crippen LogP contribution in [0, 0.1) is 0 Å². The third-order valence-electron chi connectivity index (χ3n) is 2.28. The maximum Gasteiger partial charge on any atom is 0.479 e. The Balaban J connectivity index is 2.74. The van der Waals surface area contributed by atoms with Crippen LogP contribution in [0.25, 0.3) is 0 Å². The van der Waals surface area contributed by atoms with Crippen molar-refractivity contribution in [3.05, 3.63) is 0 Å². The average Bonchev–Trinajstić information content (AvgIpc) is 2.14. The quantitative estimate of drug-likeness (QED) is 0.615. The van der Waals surface area contributed by atoms with Crippen LogP contribution in [0.5, 0.6) is 0 Å². The monoisotopic (exact) mass is 330 g/mol. The second kappa shape index (κ2) is 6.85. The smallest absolute Gasteiger partial charge is 0.420 e. The highest BCUT2D eigenvalue weighted by Crippen LogP contribution is 2.15. The van der Waals surface area contributed by atoms with Crippen LogP contribution in [0.3, 0.4) is 0 Å². The molecule has 0 aromatic carbocycles. The van der Waals surface area contributed by atoms with Crippen molar-refractivity contribution in [2.75, 3.05) is 7.11 Å². The molecule has 0 spiro atoms. The molecule has 1 saturated heterocycles. The van der Waals surface area contributed by atoms with Crippen molar-refractivity contribution in [3.63, 3.8) is 0 Å². The van der Waals surface area contributed by atoms with E-state index in [9.17, 15) is 0 Å². The third-order valence-corrected chi connectivity index (χ3v) is 18.3. The van der Waals surface area contributed by atoms with Gasteiger partial charge in [0, 0.05) is 13.7 Å². The van der Waals surface area contributed by atoms with Gasteiger partial charge in [0.2, 0.25) is 0 Å². The number of rotatable bonds is 1. The van der Waals surface area contributed by atoms with Crippen molar-refractivity contribution < 1.29 is 25.0 Å². The van der Waals surface area contributed by atoms with Gasteiger partial charge in [0.1, 0.15) is 0 Å². The summed E-state index contributed by atoms with van der Waals surface area (Å²) >= 11 is 0. The van der Waals surface area contributed by atoms with E-state index in [1.807, 2.05) is 32.7 Å². The molecule has 0 amide bonds. The summed E-state index contributed by atoms with van der Waals surface area (Å²) in [7, 11) is -7.66. The van der Waals surface area contributed by atoms with Gasteiger partial charge < -0.3 is 25.0 Å². The van der Waals surface area contributed by atoms with Crippen LogP contribution in [0.1, 0.15) is 0 Å². The molecule has 4 unspecified atom stereocenters. The van der Waals surface area contributed by atoms with Crippen molar-refractivity contribution in [1.29, 1.82) is 0 Å². The Bertz CT molecular complexity index is 227. The topological polar surface area (TPSA) is 55.4 Å². The molecule has 1 fully saturated rings. The van der Waals surface area contributed by atoms with Crippen LogP contribution < -0.4 is 0 Å². The van der Waals surface area contributed by atoms with Crippen molar-refractivity contribution in [2.45, 2.75) is 32.7 Å². The molecule has 0 bridgehead atoms. The van der Waals surface area contributed by atoms with Crippen LogP contribution in [0.15, 0.2) is 0 Å². The van der Waals surface area contributed by atoms with E-state index in [1.165, 1.54) is 0 Å². The summed E-state index contributed by atoms with van der Waals surface area (Å²) in [5, 5.41) is 0. The lowest BCUT2D eigenvalue weighted by Crippen LogP contribution is -2.53. The molecule has 4 atom stereocenters. The molecule has 0 radical (unpaired) electrons. The minimum atomic E-state index is -2.57. The summed E-state index contributed by atoms with van der Waals surface area (Å²) in [6.45, 7) is 9.90. The van der Waals surface area contributed by atoms with Crippen molar-refractivity contribution in [3.8, 4) is 0 Å². The lowest BCUT2D eigenvalue weighted by atomic mass is 11.8. The Morgan fingerprint density at radius 3 is 1.47 bits per heavy atom. The largest absolute Gasteiger partial charge is 0.479 e. The van der Waals surface area contributed by atoms with Gasteiger partial charge in [0.05, 0.1) is 0 Å². The molecule has 1 heterocycles. The fraction of sp³-hybridized carbons (Fsp3) is 1.00. The normalized spacial score (nSPS) is 45.5. The second-order valence-electron chi connectivity index (χ2n) is 3.98. The molecule has 17 heavy (non-hydrogen) atoms. The summed E-state index contributed by atoms with van der Waals surface area (Å²) in [5.41, 5.74) is 0. The highest BCUT2D eigenvalue weighted by atomic mass is 28.5. The van der Waals surface area contributed by atoms with E-state index in [1.54, 1.807) is 7.11 Å². The molecule has 0 saturated carbocycles. The predicted molar refractivity (Wildman–Crippen MR) is 76.1 cm³/mol. The molecule has 0 aromatic heterocycles. The Labute approximate surface area is 111 Å². The molecule has 0 N–H and O–H groups in total. The minimum absolute atomic E-state index is 1.62. The first-order chi connectivity index (χ1) is 7.84. The van der Waals surface area contributed by atoms with Gasteiger partial charge in [-0.15, -0.1) is 0 Å². The Morgan fingerprint density at radius 1 is 0.765 bits per heavy atom.